The number of aliphatic hydroxyl groups is 1. The molecule has 2 rings (SSSR count). The van der Waals surface area contributed by atoms with Gasteiger partial charge in [-0.15, -0.1) is 5.10 Å². The molecule has 1 atom stereocenters. The quantitative estimate of drug-likeness (QED) is 0.682. The first kappa shape index (κ1) is 9.61. The predicted molar refractivity (Wildman–Crippen MR) is 51.8 cm³/mol. The number of aryl methyl sites for hydroxylation is 1. The van der Waals surface area contributed by atoms with Crippen LogP contribution in [0.3, 0.4) is 0 Å². The van der Waals surface area contributed by atoms with E-state index in [0.717, 1.165) is 31.5 Å². The van der Waals surface area contributed by atoms with E-state index in [-0.39, 0.29) is 12.1 Å². The van der Waals surface area contributed by atoms with Gasteiger partial charge in [-0.25, -0.2) is 0 Å². The Hall–Kier alpha value is -0.940. The number of nitrogens with zero attached hydrogens (tertiary/aromatic N) is 3. The van der Waals surface area contributed by atoms with Crippen molar-refractivity contribution >= 4 is 0 Å². The number of hydrogen-bond acceptors (Lipinski definition) is 4. The van der Waals surface area contributed by atoms with Gasteiger partial charge < -0.3 is 10.4 Å². The Bertz CT molecular complexity index is 304. The third kappa shape index (κ3) is 1.78. The summed E-state index contributed by atoms with van der Waals surface area (Å²) in [5, 5.41) is 20.6. The zero-order valence-electron chi connectivity index (χ0n) is 8.40. The Morgan fingerprint density at radius 3 is 3.07 bits per heavy atom. The first-order valence-electron chi connectivity index (χ1n) is 4.95. The van der Waals surface area contributed by atoms with Gasteiger partial charge in [0.05, 0.1) is 12.3 Å². The minimum absolute atomic E-state index is 0.157. The molecule has 5 heteroatoms. The van der Waals surface area contributed by atoms with Crippen LogP contribution in [0.1, 0.15) is 18.5 Å². The average Bonchev–Trinajstić information content (AvgIpc) is 2.77. The van der Waals surface area contributed by atoms with Crippen LogP contribution in [0, 0.1) is 0 Å². The van der Waals surface area contributed by atoms with Crippen LogP contribution in [0.2, 0.25) is 0 Å². The number of nitrogens with one attached hydrogen (secondary N) is 1. The molecule has 14 heavy (non-hydrogen) atoms. The van der Waals surface area contributed by atoms with E-state index >= 15 is 0 Å². The molecule has 1 aliphatic heterocycles. The van der Waals surface area contributed by atoms with Crippen LogP contribution in [-0.4, -0.2) is 38.8 Å². The van der Waals surface area contributed by atoms with Gasteiger partial charge in [0.2, 0.25) is 0 Å². The Labute approximate surface area is 83.1 Å². The molecule has 0 aromatic carbocycles. The van der Waals surface area contributed by atoms with Gasteiger partial charge in [-0.05, 0) is 19.4 Å². The summed E-state index contributed by atoms with van der Waals surface area (Å²) in [4.78, 5) is 0. The molecule has 0 amide bonds. The van der Waals surface area contributed by atoms with E-state index in [0.29, 0.717) is 0 Å². The first-order chi connectivity index (χ1) is 6.74. The van der Waals surface area contributed by atoms with Crippen LogP contribution in [0.5, 0.6) is 0 Å². The molecule has 1 fully saturated rings. The summed E-state index contributed by atoms with van der Waals surface area (Å²) in [6.45, 7) is 1.16. The van der Waals surface area contributed by atoms with Crippen molar-refractivity contribution < 1.29 is 5.11 Å². The molecular weight excluding hydrogens is 180 g/mol. The van der Waals surface area contributed by atoms with E-state index in [4.69, 9.17) is 0 Å². The summed E-state index contributed by atoms with van der Waals surface area (Å²) >= 11 is 0. The Kier molecular flexibility index (Phi) is 2.52. The minimum atomic E-state index is -0.157. The summed E-state index contributed by atoms with van der Waals surface area (Å²) in [6.07, 6.45) is 4.80. The molecule has 1 unspecified atom stereocenters. The van der Waals surface area contributed by atoms with E-state index < -0.39 is 0 Å². The maximum atomic E-state index is 9.37. The van der Waals surface area contributed by atoms with Crippen LogP contribution in [-0.2, 0) is 13.5 Å². The molecule has 0 radical (unpaired) electrons. The third-order valence-electron chi connectivity index (χ3n) is 2.80. The van der Waals surface area contributed by atoms with Gasteiger partial charge in [0.15, 0.2) is 0 Å². The molecular formula is C9H16N4O. The molecule has 0 aliphatic carbocycles. The average molecular weight is 196 g/mol. The fourth-order valence-corrected chi connectivity index (χ4v) is 2.03. The van der Waals surface area contributed by atoms with Crippen molar-refractivity contribution in [2.75, 3.05) is 13.2 Å². The minimum Gasteiger partial charge on any atom is -0.394 e. The summed E-state index contributed by atoms with van der Waals surface area (Å²) in [7, 11) is 1.85. The molecule has 2 N–H and O–H groups in total. The van der Waals surface area contributed by atoms with Crippen LogP contribution in [0.25, 0.3) is 0 Å². The smallest absolute Gasteiger partial charge is 0.0846 e. The number of aliphatic hydroxyl groups excluding tert-OH is 1. The van der Waals surface area contributed by atoms with Crippen LogP contribution in [0.15, 0.2) is 6.20 Å². The lowest BCUT2D eigenvalue weighted by Gasteiger charge is -2.25. The fourth-order valence-electron chi connectivity index (χ4n) is 2.03. The van der Waals surface area contributed by atoms with Crippen molar-refractivity contribution in [3.05, 3.63) is 11.9 Å². The van der Waals surface area contributed by atoms with Gasteiger partial charge in [0.25, 0.3) is 0 Å². The zero-order valence-corrected chi connectivity index (χ0v) is 8.40. The SMILES string of the molecule is Cn1cc(CC2(CO)CCCN2)nn1. The topological polar surface area (TPSA) is 63.0 Å². The Balaban J connectivity index is 2.08. The van der Waals surface area contributed by atoms with Crippen molar-refractivity contribution in [2.45, 2.75) is 24.8 Å². The highest BCUT2D eigenvalue weighted by Gasteiger charge is 2.33. The Morgan fingerprint density at radius 2 is 2.57 bits per heavy atom. The Morgan fingerprint density at radius 1 is 1.71 bits per heavy atom. The van der Waals surface area contributed by atoms with Gasteiger partial charge in [-0.2, -0.15) is 0 Å². The summed E-state index contributed by atoms with van der Waals surface area (Å²) in [6, 6.07) is 0. The number of hydrogen-bond donors (Lipinski definition) is 2. The zero-order chi connectivity index (χ0) is 10.0. The maximum absolute atomic E-state index is 9.37. The van der Waals surface area contributed by atoms with Gasteiger partial charge >= 0.3 is 0 Å². The second kappa shape index (κ2) is 3.67. The van der Waals surface area contributed by atoms with E-state index in [1.165, 1.54) is 0 Å². The van der Waals surface area contributed by atoms with Crippen LogP contribution in [0.4, 0.5) is 0 Å². The molecule has 1 aliphatic rings. The van der Waals surface area contributed by atoms with E-state index in [2.05, 4.69) is 15.6 Å². The van der Waals surface area contributed by atoms with E-state index in [9.17, 15) is 5.11 Å². The molecule has 5 nitrogen and oxygen atoms in total. The lowest BCUT2D eigenvalue weighted by Crippen LogP contribution is -2.45. The summed E-state index contributed by atoms with van der Waals surface area (Å²) < 4.78 is 1.69. The molecule has 0 saturated carbocycles. The molecule has 1 aromatic rings. The van der Waals surface area contributed by atoms with E-state index in [1.54, 1.807) is 4.68 Å². The third-order valence-corrected chi connectivity index (χ3v) is 2.80. The largest absolute Gasteiger partial charge is 0.394 e. The second-order valence-corrected chi connectivity index (χ2v) is 4.03. The van der Waals surface area contributed by atoms with E-state index in [1.807, 2.05) is 13.2 Å². The second-order valence-electron chi connectivity index (χ2n) is 4.03. The fraction of sp³-hybridized carbons (Fsp3) is 0.778. The van der Waals surface area contributed by atoms with Gasteiger partial charge in [-0.1, -0.05) is 5.21 Å². The molecule has 1 saturated heterocycles. The maximum Gasteiger partial charge on any atom is 0.0846 e. The lowest BCUT2D eigenvalue weighted by molar-refractivity contribution is 0.176. The van der Waals surface area contributed by atoms with Crippen LogP contribution < -0.4 is 5.32 Å². The van der Waals surface area contributed by atoms with Crippen molar-refractivity contribution in [3.63, 3.8) is 0 Å². The monoisotopic (exact) mass is 196 g/mol. The first-order valence-corrected chi connectivity index (χ1v) is 4.95. The highest BCUT2D eigenvalue weighted by atomic mass is 16.3. The van der Waals surface area contributed by atoms with Crippen molar-refractivity contribution in [1.29, 1.82) is 0 Å². The summed E-state index contributed by atoms with van der Waals surface area (Å²) in [5.74, 6) is 0. The molecule has 0 bridgehead atoms. The predicted octanol–water partition coefficient (Wildman–Crippen LogP) is -0.528. The number of aromatic nitrogens is 3. The van der Waals surface area contributed by atoms with Crippen LogP contribution >= 0.6 is 0 Å². The van der Waals surface area contributed by atoms with Crippen molar-refractivity contribution in [1.82, 2.24) is 20.3 Å². The molecule has 2 heterocycles. The summed E-state index contributed by atoms with van der Waals surface area (Å²) in [5.41, 5.74) is 0.784. The standard InChI is InChI=1S/C9H16N4O/c1-13-6-8(11-12-13)5-9(7-14)3-2-4-10-9/h6,10,14H,2-5,7H2,1H3. The molecule has 78 valence electrons. The highest BCUT2D eigenvalue weighted by Crippen LogP contribution is 2.22. The number of rotatable bonds is 3. The lowest BCUT2D eigenvalue weighted by atomic mass is 9.93. The van der Waals surface area contributed by atoms with Crippen molar-refractivity contribution in [2.24, 2.45) is 7.05 Å². The van der Waals surface area contributed by atoms with Gasteiger partial charge in [0.1, 0.15) is 0 Å². The normalized spacial score (nSPS) is 27.0. The highest BCUT2D eigenvalue weighted by molar-refractivity contribution is 5.05. The molecule has 1 aromatic heterocycles. The van der Waals surface area contributed by atoms with Gasteiger partial charge in [0, 0.05) is 25.2 Å². The van der Waals surface area contributed by atoms with Crippen molar-refractivity contribution in [3.8, 4) is 0 Å². The van der Waals surface area contributed by atoms with Gasteiger partial charge in [-0.3, -0.25) is 4.68 Å². The molecule has 0 spiro atoms.